The molecule has 1 N–H and O–H groups in total. The number of carbonyl (C=O) groups is 1. The van der Waals surface area contributed by atoms with Crippen molar-refractivity contribution in [2.75, 3.05) is 18.5 Å². The third-order valence-electron chi connectivity index (χ3n) is 2.58. The molecule has 21 heavy (non-hydrogen) atoms. The van der Waals surface area contributed by atoms with Gasteiger partial charge in [-0.25, -0.2) is 9.97 Å². The van der Waals surface area contributed by atoms with E-state index >= 15 is 0 Å². The van der Waals surface area contributed by atoms with Gasteiger partial charge < -0.3 is 14.8 Å². The molecule has 1 aromatic carbocycles. The maximum Gasteiger partial charge on any atom is 0.316 e. The Morgan fingerprint density at radius 1 is 1.14 bits per heavy atom. The molecule has 1 amide bonds. The van der Waals surface area contributed by atoms with Crippen molar-refractivity contribution < 1.29 is 14.3 Å². The summed E-state index contributed by atoms with van der Waals surface area (Å²) in [6, 6.07) is 7.78. The second-order valence-corrected chi connectivity index (χ2v) is 4.34. The van der Waals surface area contributed by atoms with Gasteiger partial charge in [0.2, 0.25) is 0 Å². The van der Waals surface area contributed by atoms with Crippen LogP contribution in [0.15, 0.2) is 36.7 Å². The van der Waals surface area contributed by atoms with Crippen LogP contribution in [0.4, 0.5) is 5.69 Å². The van der Waals surface area contributed by atoms with Gasteiger partial charge in [0.1, 0.15) is 5.75 Å². The molecule has 6 nitrogen and oxygen atoms in total. The van der Waals surface area contributed by atoms with E-state index in [1.165, 1.54) is 12.4 Å². The third-order valence-corrected chi connectivity index (χ3v) is 2.58. The van der Waals surface area contributed by atoms with E-state index in [9.17, 15) is 4.79 Å². The van der Waals surface area contributed by atoms with Crippen LogP contribution >= 0.6 is 0 Å². The molecule has 1 heterocycles. The second kappa shape index (κ2) is 7.23. The molecule has 0 saturated heterocycles. The second-order valence-electron chi connectivity index (χ2n) is 4.34. The molecule has 110 valence electrons. The van der Waals surface area contributed by atoms with Crippen LogP contribution in [0, 0.1) is 6.92 Å². The number of nitrogens with one attached hydrogen (secondary N) is 1. The molecule has 0 aliphatic carbocycles. The quantitative estimate of drug-likeness (QED) is 0.881. The van der Waals surface area contributed by atoms with Crippen molar-refractivity contribution in [1.82, 2.24) is 9.97 Å². The minimum Gasteiger partial charge on any atom is -0.484 e. The SMILES string of the molecule is CCOc1ncc(NC(=O)COc2ccc(C)cc2)cn1. The Morgan fingerprint density at radius 2 is 1.81 bits per heavy atom. The number of hydrogen-bond acceptors (Lipinski definition) is 5. The van der Waals surface area contributed by atoms with Crippen molar-refractivity contribution in [1.29, 1.82) is 0 Å². The third kappa shape index (κ3) is 4.76. The largest absolute Gasteiger partial charge is 0.484 e. The van der Waals surface area contributed by atoms with Crippen LogP contribution in [-0.2, 0) is 4.79 Å². The predicted octanol–water partition coefficient (Wildman–Crippen LogP) is 2.20. The van der Waals surface area contributed by atoms with Crippen LogP contribution in [0.25, 0.3) is 0 Å². The average Bonchev–Trinajstić information content (AvgIpc) is 2.49. The Balaban J connectivity index is 1.82. The Kier molecular flexibility index (Phi) is 5.09. The highest BCUT2D eigenvalue weighted by Gasteiger charge is 2.05. The zero-order chi connectivity index (χ0) is 15.1. The molecule has 0 aliphatic rings. The summed E-state index contributed by atoms with van der Waals surface area (Å²) in [4.78, 5) is 19.7. The molecule has 2 aromatic rings. The van der Waals surface area contributed by atoms with Crippen LogP contribution in [0.2, 0.25) is 0 Å². The molecular weight excluding hydrogens is 270 g/mol. The average molecular weight is 287 g/mol. The first kappa shape index (κ1) is 14.8. The van der Waals surface area contributed by atoms with Gasteiger partial charge in [-0.1, -0.05) is 17.7 Å². The normalized spacial score (nSPS) is 10.0. The number of hydrogen-bond donors (Lipinski definition) is 1. The van der Waals surface area contributed by atoms with E-state index in [2.05, 4.69) is 15.3 Å². The summed E-state index contributed by atoms with van der Waals surface area (Å²) in [7, 11) is 0. The molecule has 0 fully saturated rings. The maximum atomic E-state index is 11.7. The lowest BCUT2D eigenvalue weighted by Gasteiger charge is -2.07. The van der Waals surface area contributed by atoms with Gasteiger partial charge in [-0.15, -0.1) is 0 Å². The summed E-state index contributed by atoms with van der Waals surface area (Å²) in [6.45, 7) is 4.26. The van der Waals surface area contributed by atoms with Gasteiger partial charge in [0.05, 0.1) is 24.7 Å². The number of rotatable bonds is 6. The summed E-state index contributed by atoms with van der Waals surface area (Å²) < 4.78 is 10.5. The lowest BCUT2D eigenvalue weighted by Crippen LogP contribution is -2.20. The molecular formula is C15H17N3O3. The number of carbonyl (C=O) groups excluding carboxylic acids is 1. The fourth-order valence-corrected chi connectivity index (χ4v) is 1.56. The van der Waals surface area contributed by atoms with Crippen LogP contribution in [0.1, 0.15) is 12.5 Å². The van der Waals surface area contributed by atoms with Crippen molar-refractivity contribution in [2.24, 2.45) is 0 Å². The van der Waals surface area contributed by atoms with E-state index in [1.807, 2.05) is 38.1 Å². The lowest BCUT2D eigenvalue weighted by molar-refractivity contribution is -0.118. The molecule has 0 atom stereocenters. The molecule has 0 saturated carbocycles. The van der Waals surface area contributed by atoms with E-state index in [-0.39, 0.29) is 18.5 Å². The van der Waals surface area contributed by atoms with Crippen molar-refractivity contribution in [3.63, 3.8) is 0 Å². The minimum atomic E-state index is -0.275. The molecule has 0 aliphatic heterocycles. The summed E-state index contributed by atoms with van der Waals surface area (Å²) in [5.74, 6) is 0.377. The highest BCUT2D eigenvalue weighted by atomic mass is 16.5. The number of aryl methyl sites for hydroxylation is 1. The first-order valence-corrected chi connectivity index (χ1v) is 6.61. The van der Waals surface area contributed by atoms with E-state index in [0.29, 0.717) is 18.0 Å². The summed E-state index contributed by atoms with van der Waals surface area (Å²) in [5.41, 5.74) is 1.63. The van der Waals surface area contributed by atoms with Crippen LogP contribution in [0.5, 0.6) is 11.8 Å². The molecule has 2 rings (SSSR count). The molecule has 0 bridgehead atoms. The number of ether oxygens (including phenoxy) is 2. The van der Waals surface area contributed by atoms with Crippen LogP contribution < -0.4 is 14.8 Å². The van der Waals surface area contributed by atoms with Gasteiger partial charge in [0.25, 0.3) is 5.91 Å². The van der Waals surface area contributed by atoms with Gasteiger partial charge in [-0.2, -0.15) is 0 Å². The highest BCUT2D eigenvalue weighted by molar-refractivity contribution is 5.91. The number of benzene rings is 1. The van der Waals surface area contributed by atoms with Gasteiger partial charge in [0.15, 0.2) is 6.61 Å². The van der Waals surface area contributed by atoms with Crippen molar-refractivity contribution in [3.05, 3.63) is 42.2 Å². The van der Waals surface area contributed by atoms with Gasteiger partial charge in [0, 0.05) is 0 Å². The van der Waals surface area contributed by atoms with Crippen molar-refractivity contribution in [2.45, 2.75) is 13.8 Å². The van der Waals surface area contributed by atoms with E-state index in [1.54, 1.807) is 0 Å². The van der Waals surface area contributed by atoms with Gasteiger partial charge in [-0.05, 0) is 26.0 Å². The smallest absolute Gasteiger partial charge is 0.316 e. The van der Waals surface area contributed by atoms with Gasteiger partial charge >= 0.3 is 6.01 Å². The molecule has 0 unspecified atom stereocenters. The van der Waals surface area contributed by atoms with Crippen molar-refractivity contribution in [3.8, 4) is 11.8 Å². The highest BCUT2D eigenvalue weighted by Crippen LogP contribution is 2.11. The topological polar surface area (TPSA) is 73.3 Å². The number of nitrogens with zero attached hydrogens (tertiary/aromatic N) is 2. The monoisotopic (exact) mass is 287 g/mol. The standard InChI is InChI=1S/C15H17N3O3/c1-3-20-15-16-8-12(9-17-15)18-14(19)10-21-13-6-4-11(2)5-7-13/h4-9H,3,10H2,1-2H3,(H,18,19). The summed E-state index contributed by atoms with van der Waals surface area (Å²) in [6.07, 6.45) is 2.98. The predicted molar refractivity (Wildman–Crippen MR) is 78.5 cm³/mol. The molecule has 1 aromatic heterocycles. The first-order chi connectivity index (χ1) is 10.2. The van der Waals surface area contributed by atoms with Crippen molar-refractivity contribution >= 4 is 11.6 Å². The van der Waals surface area contributed by atoms with Gasteiger partial charge in [-0.3, -0.25) is 4.79 Å². The summed E-state index contributed by atoms with van der Waals surface area (Å²) >= 11 is 0. The number of anilines is 1. The molecule has 0 radical (unpaired) electrons. The Hall–Kier alpha value is -2.63. The molecule has 0 spiro atoms. The Bertz CT molecular complexity index is 582. The fourth-order valence-electron chi connectivity index (χ4n) is 1.56. The van der Waals surface area contributed by atoms with E-state index < -0.39 is 0 Å². The lowest BCUT2D eigenvalue weighted by atomic mass is 10.2. The molecule has 6 heteroatoms. The van der Waals surface area contributed by atoms with E-state index in [4.69, 9.17) is 9.47 Å². The Morgan fingerprint density at radius 3 is 2.43 bits per heavy atom. The fraction of sp³-hybridized carbons (Fsp3) is 0.267. The number of amides is 1. The maximum absolute atomic E-state index is 11.7. The first-order valence-electron chi connectivity index (χ1n) is 6.61. The minimum absolute atomic E-state index is 0.0731. The van der Waals surface area contributed by atoms with Crippen LogP contribution in [0.3, 0.4) is 0 Å². The zero-order valence-electron chi connectivity index (χ0n) is 12.0. The number of aromatic nitrogens is 2. The zero-order valence-corrected chi connectivity index (χ0v) is 12.0. The Labute approximate surface area is 123 Å². The summed E-state index contributed by atoms with van der Waals surface area (Å²) in [5, 5.41) is 2.65. The van der Waals surface area contributed by atoms with E-state index in [0.717, 1.165) is 5.56 Å². The van der Waals surface area contributed by atoms with Crippen LogP contribution in [-0.4, -0.2) is 29.1 Å².